The molecular weight excluding hydrogens is 364 g/mol. The van der Waals surface area contributed by atoms with Gasteiger partial charge in [-0.3, -0.25) is 9.59 Å². The lowest BCUT2D eigenvalue weighted by Gasteiger charge is -2.12. The van der Waals surface area contributed by atoms with Crippen LogP contribution in [0.4, 0.5) is 11.4 Å². The number of carbonyl (C=O) groups is 2. The lowest BCUT2D eigenvalue weighted by Crippen LogP contribution is -2.25. The Balaban J connectivity index is 1.97. The molecule has 2 N–H and O–H groups in total. The summed E-state index contributed by atoms with van der Waals surface area (Å²) < 4.78 is 5.39. The van der Waals surface area contributed by atoms with Crippen LogP contribution in [0, 0.1) is 6.92 Å². The van der Waals surface area contributed by atoms with Gasteiger partial charge in [-0.2, -0.15) is 0 Å². The molecule has 2 amide bonds. The van der Waals surface area contributed by atoms with Gasteiger partial charge in [0, 0.05) is 16.9 Å². The zero-order valence-electron chi connectivity index (χ0n) is 16.3. The molecule has 3 aromatic rings. The van der Waals surface area contributed by atoms with Crippen LogP contribution in [-0.2, 0) is 9.59 Å². The Bertz CT molecular complexity index is 973. The van der Waals surface area contributed by atoms with Crippen LogP contribution in [-0.4, -0.2) is 18.9 Å². The van der Waals surface area contributed by atoms with Crippen LogP contribution in [0.2, 0.25) is 0 Å². The summed E-state index contributed by atoms with van der Waals surface area (Å²) in [4.78, 5) is 25.9. The summed E-state index contributed by atoms with van der Waals surface area (Å²) >= 11 is 0. The average Bonchev–Trinajstić information content (AvgIpc) is 2.73. The number of hydrogen-bond acceptors (Lipinski definition) is 3. The number of ether oxygens (including phenoxy) is 1. The smallest absolute Gasteiger partial charge is 0.261 e. The zero-order chi connectivity index (χ0) is 20.6. The number of aryl methyl sites for hydroxylation is 1. The molecule has 5 heteroatoms. The number of amides is 2. The van der Waals surface area contributed by atoms with E-state index in [4.69, 9.17) is 4.74 Å². The van der Waals surface area contributed by atoms with Gasteiger partial charge in [0.15, 0.2) is 0 Å². The fourth-order valence-electron chi connectivity index (χ4n) is 2.80. The van der Waals surface area contributed by atoms with Gasteiger partial charge in [0.2, 0.25) is 0 Å². The number of rotatable bonds is 6. The molecule has 0 atom stereocenters. The topological polar surface area (TPSA) is 67.4 Å². The van der Waals surface area contributed by atoms with Gasteiger partial charge in [0.25, 0.3) is 11.8 Å². The minimum absolute atomic E-state index is 0.0263. The standard InChI is InChI=1S/C24H22N2O3/c1-17-13-14-22(29-2)18(15-17)16-21(23(27)25-19-9-5-3-6-10-19)24(28)26-20-11-7-4-8-12-20/h3-16H,1-2H3,(H,25,27)(H,26,28). The molecule has 146 valence electrons. The first-order valence-electron chi connectivity index (χ1n) is 9.16. The van der Waals surface area contributed by atoms with Crippen molar-refractivity contribution in [2.75, 3.05) is 17.7 Å². The van der Waals surface area contributed by atoms with Gasteiger partial charge < -0.3 is 15.4 Å². The van der Waals surface area contributed by atoms with Crippen LogP contribution < -0.4 is 15.4 Å². The van der Waals surface area contributed by atoms with E-state index in [9.17, 15) is 9.59 Å². The number of benzene rings is 3. The second kappa shape index (κ2) is 9.37. The fraction of sp³-hybridized carbons (Fsp3) is 0.0833. The lowest BCUT2D eigenvalue weighted by atomic mass is 10.1. The molecule has 0 aromatic heterocycles. The van der Waals surface area contributed by atoms with Crippen molar-refractivity contribution in [2.45, 2.75) is 6.92 Å². The van der Waals surface area contributed by atoms with E-state index in [0.29, 0.717) is 22.7 Å². The molecule has 0 spiro atoms. The summed E-state index contributed by atoms with van der Waals surface area (Å²) in [6.45, 7) is 1.94. The van der Waals surface area contributed by atoms with Crippen LogP contribution >= 0.6 is 0 Å². The van der Waals surface area contributed by atoms with Gasteiger partial charge in [-0.15, -0.1) is 0 Å². The Labute approximate surface area is 170 Å². The Kier molecular flexibility index (Phi) is 6.43. The average molecular weight is 386 g/mol. The third-order valence-corrected chi connectivity index (χ3v) is 4.24. The van der Waals surface area contributed by atoms with Crippen LogP contribution in [0.15, 0.2) is 84.4 Å². The Hall–Kier alpha value is -3.86. The van der Waals surface area contributed by atoms with E-state index in [1.54, 1.807) is 37.5 Å². The molecule has 0 aliphatic heterocycles. The summed E-state index contributed by atoms with van der Waals surface area (Å²) in [5.74, 6) is -0.436. The number of nitrogens with one attached hydrogen (secondary N) is 2. The van der Waals surface area contributed by atoms with Crippen molar-refractivity contribution in [1.82, 2.24) is 0 Å². The first kappa shape index (κ1) is 19.9. The molecule has 0 bridgehead atoms. The zero-order valence-corrected chi connectivity index (χ0v) is 16.3. The highest BCUT2D eigenvalue weighted by Crippen LogP contribution is 2.23. The third kappa shape index (κ3) is 5.32. The predicted molar refractivity (Wildman–Crippen MR) is 116 cm³/mol. The van der Waals surface area contributed by atoms with Crippen molar-refractivity contribution in [2.24, 2.45) is 0 Å². The van der Waals surface area contributed by atoms with Crippen LogP contribution in [0.1, 0.15) is 11.1 Å². The van der Waals surface area contributed by atoms with Gasteiger partial charge in [0.1, 0.15) is 11.3 Å². The van der Waals surface area contributed by atoms with Crippen molar-refractivity contribution in [3.8, 4) is 5.75 Å². The maximum Gasteiger partial charge on any atom is 0.261 e. The molecule has 0 fully saturated rings. The number of anilines is 2. The Morgan fingerprint density at radius 2 is 1.31 bits per heavy atom. The molecule has 3 aromatic carbocycles. The third-order valence-electron chi connectivity index (χ3n) is 4.24. The minimum atomic E-state index is -0.506. The van der Waals surface area contributed by atoms with Gasteiger partial charge in [0.05, 0.1) is 7.11 Å². The first-order chi connectivity index (χ1) is 14.1. The second-order valence-electron chi connectivity index (χ2n) is 6.44. The van der Waals surface area contributed by atoms with Crippen molar-refractivity contribution in [1.29, 1.82) is 0 Å². The highest BCUT2D eigenvalue weighted by molar-refractivity contribution is 6.28. The van der Waals surface area contributed by atoms with Gasteiger partial charge in [-0.05, 0) is 49.4 Å². The first-order valence-corrected chi connectivity index (χ1v) is 9.16. The van der Waals surface area contributed by atoms with E-state index in [2.05, 4.69) is 10.6 Å². The van der Waals surface area contributed by atoms with Gasteiger partial charge in [-0.1, -0.05) is 48.0 Å². The predicted octanol–water partition coefficient (Wildman–Crippen LogP) is 4.66. The minimum Gasteiger partial charge on any atom is -0.496 e. The van der Waals surface area contributed by atoms with E-state index in [1.807, 2.05) is 61.5 Å². The molecule has 0 saturated carbocycles. The summed E-state index contributed by atoms with van der Waals surface area (Å²) in [5, 5.41) is 5.54. The molecule has 3 rings (SSSR count). The van der Waals surface area contributed by atoms with Crippen LogP contribution in [0.5, 0.6) is 5.75 Å². The van der Waals surface area contributed by atoms with Crippen molar-refractivity contribution in [3.63, 3.8) is 0 Å². The molecule has 0 saturated heterocycles. The summed E-state index contributed by atoms with van der Waals surface area (Å²) in [5.41, 5.74) is 2.82. The van der Waals surface area contributed by atoms with E-state index in [-0.39, 0.29) is 5.57 Å². The van der Waals surface area contributed by atoms with E-state index in [1.165, 1.54) is 0 Å². The Morgan fingerprint density at radius 3 is 1.79 bits per heavy atom. The molecule has 0 aliphatic carbocycles. The van der Waals surface area contributed by atoms with Crippen LogP contribution in [0.25, 0.3) is 6.08 Å². The summed E-state index contributed by atoms with van der Waals surface area (Å²) in [7, 11) is 1.55. The van der Waals surface area contributed by atoms with E-state index >= 15 is 0 Å². The van der Waals surface area contributed by atoms with Gasteiger partial charge >= 0.3 is 0 Å². The normalized spacial score (nSPS) is 10.0. The maximum atomic E-state index is 13.0. The van der Waals surface area contributed by atoms with Crippen molar-refractivity contribution in [3.05, 3.63) is 95.6 Å². The molecule has 29 heavy (non-hydrogen) atoms. The van der Waals surface area contributed by atoms with E-state index in [0.717, 1.165) is 5.56 Å². The molecule has 5 nitrogen and oxygen atoms in total. The van der Waals surface area contributed by atoms with Gasteiger partial charge in [-0.25, -0.2) is 0 Å². The SMILES string of the molecule is COc1ccc(C)cc1C=C(C(=O)Nc1ccccc1)C(=O)Nc1ccccc1. The number of carbonyl (C=O) groups excluding carboxylic acids is 2. The number of hydrogen-bond donors (Lipinski definition) is 2. The monoisotopic (exact) mass is 386 g/mol. The maximum absolute atomic E-state index is 13.0. The second-order valence-corrected chi connectivity index (χ2v) is 6.44. The molecule has 0 heterocycles. The molecule has 0 radical (unpaired) electrons. The highest BCUT2D eigenvalue weighted by Gasteiger charge is 2.20. The fourth-order valence-corrected chi connectivity index (χ4v) is 2.80. The molecule has 0 aliphatic rings. The van der Waals surface area contributed by atoms with Crippen molar-refractivity contribution < 1.29 is 14.3 Å². The molecule has 0 unspecified atom stereocenters. The number of methoxy groups -OCH3 is 1. The summed E-state index contributed by atoms with van der Waals surface area (Å²) in [6, 6.07) is 23.6. The highest BCUT2D eigenvalue weighted by atomic mass is 16.5. The number of para-hydroxylation sites is 2. The largest absolute Gasteiger partial charge is 0.496 e. The van der Waals surface area contributed by atoms with Crippen LogP contribution in [0.3, 0.4) is 0 Å². The summed E-state index contributed by atoms with van der Waals surface area (Å²) in [6.07, 6.45) is 1.54. The lowest BCUT2D eigenvalue weighted by molar-refractivity contribution is -0.118. The Morgan fingerprint density at radius 1 is 0.793 bits per heavy atom. The van der Waals surface area contributed by atoms with Crippen molar-refractivity contribution >= 4 is 29.3 Å². The quantitative estimate of drug-likeness (QED) is 0.368. The molecular formula is C24H22N2O3. The van der Waals surface area contributed by atoms with E-state index < -0.39 is 11.8 Å².